The number of rotatable bonds is 4. The molecule has 0 amide bonds. The molecule has 1 unspecified atom stereocenters. The van der Waals surface area contributed by atoms with Gasteiger partial charge in [-0.05, 0) is 24.0 Å². The Labute approximate surface area is 133 Å². The molecule has 0 fully saturated rings. The fourth-order valence-corrected chi connectivity index (χ4v) is 3.29. The van der Waals surface area contributed by atoms with Crippen LogP contribution in [0, 0.1) is 23.7 Å². The van der Waals surface area contributed by atoms with E-state index in [0.717, 1.165) is 12.8 Å². The van der Waals surface area contributed by atoms with Gasteiger partial charge >= 0.3 is 0 Å². The molecule has 1 aliphatic carbocycles. The van der Waals surface area contributed by atoms with E-state index in [0.29, 0.717) is 0 Å². The summed E-state index contributed by atoms with van der Waals surface area (Å²) in [7, 11) is 0. The Morgan fingerprint density at radius 2 is 1.36 bits per heavy atom. The van der Waals surface area contributed by atoms with Gasteiger partial charge in [-0.3, -0.25) is 0 Å². The lowest BCUT2D eigenvalue weighted by Gasteiger charge is -2.36. The van der Waals surface area contributed by atoms with E-state index in [-0.39, 0.29) is 11.3 Å². The van der Waals surface area contributed by atoms with E-state index in [4.69, 9.17) is 6.42 Å². The summed E-state index contributed by atoms with van der Waals surface area (Å²) in [6.45, 7) is 0. The number of hydrogen-bond acceptors (Lipinski definition) is 0. The molecule has 0 spiro atoms. The van der Waals surface area contributed by atoms with Gasteiger partial charge < -0.3 is 0 Å². The summed E-state index contributed by atoms with van der Waals surface area (Å²) >= 11 is 0. The van der Waals surface area contributed by atoms with Gasteiger partial charge in [0, 0.05) is 11.3 Å². The van der Waals surface area contributed by atoms with Crippen LogP contribution >= 0.6 is 0 Å². The van der Waals surface area contributed by atoms with Crippen LogP contribution in [-0.2, 0) is 12.8 Å². The van der Waals surface area contributed by atoms with E-state index in [2.05, 4.69) is 90.9 Å². The van der Waals surface area contributed by atoms with Gasteiger partial charge in [-0.2, -0.15) is 0 Å². The normalized spacial score (nSPS) is 18.8. The predicted molar refractivity (Wildman–Crippen MR) is 93.3 cm³/mol. The van der Waals surface area contributed by atoms with E-state index in [1.165, 1.54) is 11.1 Å². The van der Waals surface area contributed by atoms with Crippen LogP contribution in [0.1, 0.15) is 11.1 Å². The van der Waals surface area contributed by atoms with Crippen LogP contribution in [0.15, 0.2) is 85.0 Å². The smallest absolute Gasteiger partial charge is 0.0480 e. The van der Waals surface area contributed by atoms with Crippen molar-refractivity contribution in [2.45, 2.75) is 12.8 Å². The molecule has 2 aromatic rings. The van der Waals surface area contributed by atoms with Crippen molar-refractivity contribution in [3.8, 4) is 12.3 Å². The minimum Gasteiger partial charge on any atom is -0.119 e. The maximum Gasteiger partial charge on any atom is 0.0480 e. The van der Waals surface area contributed by atoms with Crippen LogP contribution in [-0.4, -0.2) is 0 Å². The monoisotopic (exact) mass is 284 g/mol. The third kappa shape index (κ3) is 3.05. The first-order valence-electron chi connectivity index (χ1n) is 7.72. The van der Waals surface area contributed by atoms with Gasteiger partial charge in [0.15, 0.2) is 0 Å². The Morgan fingerprint density at radius 1 is 0.818 bits per heavy atom. The van der Waals surface area contributed by atoms with Crippen molar-refractivity contribution in [2.75, 3.05) is 0 Å². The van der Waals surface area contributed by atoms with Crippen molar-refractivity contribution in [1.29, 1.82) is 0 Å². The zero-order valence-electron chi connectivity index (χ0n) is 12.7. The first-order chi connectivity index (χ1) is 10.8. The van der Waals surface area contributed by atoms with Crippen molar-refractivity contribution in [2.24, 2.45) is 11.3 Å². The Bertz CT molecular complexity index is 657. The molecule has 0 saturated heterocycles. The van der Waals surface area contributed by atoms with Crippen LogP contribution in [0.25, 0.3) is 0 Å². The average Bonchev–Trinajstić information content (AvgIpc) is 2.57. The lowest BCUT2D eigenvalue weighted by Crippen LogP contribution is -2.33. The zero-order valence-corrected chi connectivity index (χ0v) is 12.7. The Hall–Kier alpha value is -2.52. The second kappa shape index (κ2) is 6.50. The number of allylic oxidation sites excluding steroid dienone is 4. The maximum atomic E-state index is 5.85. The Kier molecular flexibility index (Phi) is 4.26. The largest absolute Gasteiger partial charge is 0.119 e. The molecular weight excluding hydrogens is 264 g/mol. The third-order valence-electron chi connectivity index (χ3n) is 4.39. The van der Waals surface area contributed by atoms with Gasteiger partial charge in [0.05, 0.1) is 0 Å². The van der Waals surface area contributed by atoms with E-state index in [1.807, 2.05) is 0 Å². The highest BCUT2D eigenvalue weighted by Gasteiger charge is 2.35. The van der Waals surface area contributed by atoms with Crippen LogP contribution < -0.4 is 0 Å². The summed E-state index contributed by atoms with van der Waals surface area (Å²) in [6, 6.07) is 21.2. The van der Waals surface area contributed by atoms with Crippen LogP contribution in [0.5, 0.6) is 0 Å². The molecule has 0 nitrogen and oxygen atoms in total. The summed E-state index contributed by atoms with van der Waals surface area (Å²) in [6.07, 6.45) is 16.4. The predicted octanol–water partition coefficient (Wildman–Crippen LogP) is 4.83. The summed E-state index contributed by atoms with van der Waals surface area (Å²) in [5.41, 5.74) is 2.61. The zero-order chi connectivity index (χ0) is 15.3. The lowest BCUT2D eigenvalue weighted by atomic mass is 9.66. The summed E-state index contributed by atoms with van der Waals surface area (Å²) < 4.78 is 0. The van der Waals surface area contributed by atoms with E-state index in [9.17, 15) is 0 Å². The topological polar surface area (TPSA) is 0 Å². The fraction of sp³-hybridized carbons (Fsp3) is 0.182. The highest BCUT2D eigenvalue weighted by molar-refractivity contribution is 5.33. The second-order valence-electron chi connectivity index (χ2n) is 5.95. The van der Waals surface area contributed by atoms with Gasteiger partial charge in [-0.1, -0.05) is 90.9 Å². The molecule has 0 aromatic heterocycles. The van der Waals surface area contributed by atoms with Crippen molar-refractivity contribution in [3.63, 3.8) is 0 Å². The maximum absolute atomic E-state index is 5.85. The van der Waals surface area contributed by atoms with E-state index in [1.54, 1.807) is 0 Å². The van der Waals surface area contributed by atoms with Crippen LogP contribution in [0.4, 0.5) is 0 Å². The minimum absolute atomic E-state index is 0.0494. The summed E-state index contributed by atoms with van der Waals surface area (Å²) in [5.74, 6) is 3.12. The SMILES string of the molecule is C#CC1C=CC=CC1(Cc1ccccc1)Cc1ccccc1. The summed E-state index contributed by atoms with van der Waals surface area (Å²) in [5, 5.41) is 0. The van der Waals surface area contributed by atoms with Crippen molar-refractivity contribution in [3.05, 3.63) is 96.1 Å². The van der Waals surface area contributed by atoms with Crippen molar-refractivity contribution < 1.29 is 0 Å². The first-order valence-corrected chi connectivity index (χ1v) is 7.72. The molecular formula is C22H20. The summed E-state index contributed by atoms with van der Waals surface area (Å²) in [4.78, 5) is 0. The van der Waals surface area contributed by atoms with Gasteiger partial charge in [-0.15, -0.1) is 6.42 Å². The molecule has 108 valence electrons. The van der Waals surface area contributed by atoms with Crippen molar-refractivity contribution in [1.82, 2.24) is 0 Å². The Morgan fingerprint density at radius 3 is 1.86 bits per heavy atom. The van der Waals surface area contributed by atoms with Crippen molar-refractivity contribution >= 4 is 0 Å². The van der Waals surface area contributed by atoms with E-state index >= 15 is 0 Å². The Balaban J connectivity index is 1.97. The van der Waals surface area contributed by atoms with Crippen LogP contribution in [0.2, 0.25) is 0 Å². The minimum atomic E-state index is -0.0494. The lowest BCUT2D eigenvalue weighted by molar-refractivity contribution is 0.318. The van der Waals surface area contributed by atoms with Gasteiger partial charge in [0.25, 0.3) is 0 Å². The highest BCUT2D eigenvalue weighted by atomic mass is 14.4. The standard InChI is InChI=1S/C22H20/c1-2-21-15-9-10-16-22(21,17-19-11-5-3-6-12-19)18-20-13-7-4-8-14-20/h1,3-16,21H,17-18H2. The van der Waals surface area contributed by atoms with E-state index < -0.39 is 0 Å². The molecule has 0 bridgehead atoms. The molecule has 0 saturated carbocycles. The number of terminal acetylenes is 1. The van der Waals surface area contributed by atoms with Gasteiger partial charge in [-0.25, -0.2) is 0 Å². The molecule has 1 atom stereocenters. The quantitative estimate of drug-likeness (QED) is 0.705. The highest BCUT2D eigenvalue weighted by Crippen LogP contribution is 2.40. The molecule has 0 heteroatoms. The third-order valence-corrected chi connectivity index (χ3v) is 4.39. The second-order valence-corrected chi connectivity index (χ2v) is 5.95. The first kappa shape index (κ1) is 14.4. The number of benzene rings is 2. The van der Waals surface area contributed by atoms with Gasteiger partial charge in [0.1, 0.15) is 0 Å². The molecule has 3 rings (SSSR count). The van der Waals surface area contributed by atoms with Gasteiger partial charge in [0.2, 0.25) is 0 Å². The van der Waals surface area contributed by atoms with Crippen LogP contribution in [0.3, 0.4) is 0 Å². The molecule has 0 N–H and O–H groups in total. The molecule has 0 radical (unpaired) electrons. The fourth-order valence-electron chi connectivity index (χ4n) is 3.29. The molecule has 2 aromatic carbocycles. The molecule has 0 heterocycles. The number of hydrogen-bond donors (Lipinski definition) is 0. The molecule has 1 aliphatic rings. The molecule has 0 aliphatic heterocycles. The average molecular weight is 284 g/mol. The molecule has 22 heavy (non-hydrogen) atoms.